The summed E-state index contributed by atoms with van der Waals surface area (Å²) in [6.45, 7) is 2.11. The van der Waals surface area contributed by atoms with Gasteiger partial charge in [0.2, 0.25) is 0 Å². The SMILES string of the molecule is Cc1cc2ncsc2s1. The maximum Gasteiger partial charge on any atom is 0.107 e. The van der Waals surface area contributed by atoms with Crippen LogP contribution in [0.4, 0.5) is 0 Å². The van der Waals surface area contributed by atoms with E-state index in [-0.39, 0.29) is 0 Å². The van der Waals surface area contributed by atoms with Gasteiger partial charge in [-0.15, -0.1) is 22.7 Å². The fraction of sp³-hybridized carbons (Fsp3) is 0.167. The van der Waals surface area contributed by atoms with E-state index in [2.05, 4.69) is 18.0 Å². The van der Waals surface area contributed by atoms with E-state index in [1.54, 1.807) is 11.3 Å². The van der Waals surface area contributed by atoms with Gasteiger partial charge in [-0.25, -0.2) is 4.98 Å². The van der Waals surface area contributed by atoms with Gasteiger partial charge >= 0.3 is 0 Å². The standard InChI is InChI=1S/C6H5NS2/c1-4-2-5-6(9-4)8-3-7-5/h2-3H,1H3. The summed E-state index contributed by atoms with van der Waals surface area (Å²) < 4.78 is 1.34. The Labute approximate surface area is 61.0 Å². The van der Waals surface area contributed by atoms with Crippen LogP contribution in [-0.2, 0) is 0 Å². The van der Waals surface area contributed by atoms with Gasteiger partial charge in [0.25, 0.3) is 0 Å². The van der Waals surface area contributed by atoms with Gasteiger partial charge in [-0.1, -0.05) is 0 Å². The lowest BCUT2D eigenvalue weighted by Crippen LogP contribution is -1.54. The number of aromatic nitrogens is 1. The summed E-state index contributed by atoms with van der Waals surface area (Å²) in [7, 11) is 0. The molecule has 2 heterocycles. The molecule has 2 rings (SSSR count). The van der Waals surface area contributed by atoms with Crippen molar-refractivity contribution >= 4 is 32.2 Å². The minimum absolute atomic E-state index is 1.16. The number of hydrogen-bond acceptors (Lipinski definition) is 3. The quantitative estimate of drug-likeness (QED) is 0.570. The molecule has 0 spiro atoms. The van der Waals surface area contributed by atoms with E-state index < -0.39 is 0 Å². The van der Waals surface area contributed by atoms with Crippen LogP contribution < -0.4 is 0 Å². The van der Waals surface area contributed by atoms with Crippen molar-refractivity contribution in [3.63, 3.8) is 0 Å². The second-order valence-corrected chi connectivity index (χ2v) is 4.25. The van der Waals surface area contributed by atoms with E-state index in [9.17, 15) is 0 Å². The van der Waals surface area contributed by atoms with Gasteiger partial charge in [0.1, 0.15) is 4.01 Å². The second-order valence-electron chi connectivity index (χ2n) is 1.88. The van der Waals surface area contributed by atoms with Crippen molar-refractivity contribution in [2.24, 2.45) is 0 Å². The maximum atomic E-state index is 4.17. The predicted octanol–water partition coefficient (Wildman–Crippen LogP) is 2.67. The summed E-state index contributed by atoms with van der Waals surface area (Å²) in [4.78, 5) is 5.52. The monoisotopic (exact) mass is 155 g/mol. The molecule has 0 aliphatic rings. The molecule has 2 aromatic rings. The first-order valence-electron chi connectivity index (χ1n) is 2.66. The molecule has 0 aliphatic carbocycles. The fourth-order valence-electron chi connectivity index (χ4n) is 0.785. The topological polar surface area (TPSA) is 12.9 Å². The van der Waals surface area contributed by atoms with Crippen LogP contribution in [-0.4, -0.2) is 4.98 Å². The van der Waals surface area contributed by atoms with E-state index in [1.165, 1.54) is 8.89 Å². The highest BCUT2D eigenvalue weighted by molar-refractivity contribution is 7.37. The zero-order valence-electron chi connectivity index (χ0n) is 4.92. The average molecular weight is 155 g/mol. The molecule has 0 aliphatic heterocycles. The lowest BCUT2D eigenvalue weighted by molar-refractivity contribution is 1.50. The highest BCUT2D eigenvalue weighted by Gasteiger charge is 1.97. The minimum Gasteiger partial charge on any atom is -0.244 e. The Morgan fingerprint density at radius 1 is 1.56 bits per heavy atom. The van der Waals surface area contributed by atoms with Crippen molar-refractivity contribution in [3.8, 4) is 0 Å². The van der Waals surface area contributed by atoms with Crippen molar-refractivity contribution in [2.75, 3.05) is 0 Å². The third kappa shape index (κ3) is 0.767. The molecular formula is C6H5NS2. The Morgan fingerprint density at radius 2 is 2.44 bits per heavy atom. The molecule has 0 radical (unpaired) electrons. The number of thiophene rings is 1. The molecular weight excluding hydrogens is 150 g/mol. The Bertz CT molecular complexity index is 292. The largest absolute Gasteiger partial charge is 0.244 e. The lowest BCUT2D eigenvalue weighted by atomic mass is 10.5. The number of fused-ring (bicyclic) bond motifs is 1. The summed E-state index contributed by atoms with van der Waals surface area (Å²) >= 11 is 3.53. The van der Waals surface area contributed by atoms with Gasteiger partial charge in [-0.2, -0.15) is 0 Å². The first-order valence-corrected chi connectivity index (χ1v) is 4.35. The van der Waals surface area contributed by atoms with Crippen LogP contribution in [0.2, 0.25) is 0 Å². The van der Waals surface area contributed by atoms with Crippen molar-refractivity contribution < 1.29 is 0 Å². The van der Waals surface area contributed by atoms with E-state index >= 15 is 0 Å². The predicted molar refractivity (Wildman–Crippen MR) is 42.2 cm³/mol. The van der Waals surface area contributed by atoms with Gasteiger partial charge in [-0.3, -0.25) is 0 Å². The molecule has 0 bridgehead atoms. The maximum absolute atomic E-state index is 4.17. The molecule has 0 unspecified atom stereocenters. The summed E-state index contributed by atoms with van der Waals surface area (Å²) in [5.74, 6) is 0. The Kier molecular flexibility index (Phi) is 1.07. The summed E-state index contributed by atoms with van der Waals surface area (Å²) in [6, 6.07) is 2.12. The molecule has 1 nitrogen and oxygen atoms in total. The smallest absolute Gasteiger partial charge is 0.107 e. The zero-order chi connectivity index (χ0) is 6.27. The van der Waals surface area contributed by atoms with Gasteiger partial charge in [0.15, 0.2) is 0 Å². The Morgan fingerprint density at radius 3 is 3.22 bits per heavy atom. The third-order valence-electron chi connectivity index (χ3n) is 1.15. The molecule has 2 aromatic heterocycles. The third-order valence-corrected chi connectivity index (χ3v) is 3.16. The van der Waals surface area contributed by atoms with Crippen molar-refractivity contribution in [1.82, 2.24) is 4.98 Å². The fourth-order valence-corrected chi connectivity index (χ4v) is 2.67. The van der Waals surface area contributed by atoms with Crippen LogP contribution in [0.3, 0.4) is 0 Å². The zero-order valence-corrected chi connectivity index (χ0v) is 6.55. The first-order chi connectivity index (χ1) is 4.36. The number of aryl methyl sites for hydroxylation is 1. The Hall–Kier alpha value is -0.410. The van der Waals surface area contributed by atoms with Crippen LogP contribution in [0, 0.1) is 6.92 Å². The van der Waals surface area contributed by atoms with Crippen LogP contribution in [0.1, 0.15) is 4.88 Å². The van der Waals surface area contributed by atoms with Gasteiger partial charge < -0.3 is 0 Å². The van der Waals surface area contributed by atoms with Crippen LogP contribution in [0.25, 0.3) is 9.53 Å². The minimum atomic E-state index is 1.16. The molecule has 0 fully saturated rings. The molecule has 0 amide bonds. The second kappa shape index (κ2) is 1.78. The van der Waals surface area contributed by atoms with E-state index in [0.29, 0.717) is 0 Å². The highest BCUT2D eigenvalue weighted by Crippen LogP contribution is 2.26. The number of thiazole rings is 1. The van der Waals surface area contributed by atoms with Gasteiger partial charge in [-0.05, 0) is 13.0 Å². The summed E-state index contributed by atoms with van der Waals surface area (Å²) in [6.07, 6.45) is 0. The van der Waals surface area contributed by atoms with E-state index in [0.717, 1.165) is 5.52 Å². The summed E-state index contributed by atoms with van der Waals surface area (Å²) in [5, 5.41) is 0. The number of hydrogen-bond donors (Lipinski definition) is 0. The molecule has 0 atom stereocenters. The van der Waals surface area contributed by atoms with Crippen LogP contribution >= 0.6 is 22.7 Å². The molecule has 9 heavy (non-hydrogen) atoms. The van der Waals surface area contributed by atoms with Crippen molar-refractivity contribution in [1.29, 1.82) is 0 Å². The van der Waals surface area contributed by atoms with E-state index in [1.807, 2.05) is 16.8 Å². The van der Waals surface area contributed by atoms with E-state index in [4.69, 9.17) is 0 Å². The lowest BCUT2D eigenvalue weighted by Gasteiger charge is -1.69. The molecule has 0 saturated heterocycles. The van der Waals surface area contributed by atoms with Gasteiger partial charge in [0, 0.05) is 4.88 Å². The molecule has 0 saturated carbocycles. The number of rotatable bonds is 0. The summed E-state index contributed by atoms with van der Waals surface area (Å²) in [5.41, 5.74) is 3.04. The Balaban J connectivity index is 2.92. The molecule has 3 heteroatoms. The molecule has 0 aromatic carbocycles. The van der Waals surface area contributed by atoms with Crippen LogP contribution in [0.5, 0.6) is 0 Å². The average Bonchev–Trinajstić information content (AvgIpc) is 2.22. The van der Waals surface area contributed by atoms with Crippen molar-refractivity contribution in [2.45, 2.75) is 6.92 Å². The normalized spacial score (nSPS) is 10.8. The number of nitrogens with zero attached hydrogens (tertiary/aromatic N) is 1. The highest BCUT2D eigenvalue weighted by atomic mass is 32.2. The molecule has 0 N–H and O–H groups in total. The van der Waals surface area contributed by atoms with Gasteiger partial charge in [0.05, 0.1) is 11.0 Å². The van der Waals surface area contributed by atoms with Crippen LogP contribution in [0.15, 0.2) is 11.6 Å². The molecule has 46 valence electrons. The van der Waals surface area contributed by atoms with Crippen molar-refractivity contribution in [3.05, 3.63) is 16.5 Å². The first kappa shape index (κ1) is 5.38.